The van der Waals surface area contributed by atoms with E-state index >= 15 is 0 Å². The third-order valence-corrected chi connectivity index (χ3v) is 3.92. The van der Waals surface area contributed by atoms with Crippen LogP contribution in [0.5, 0.6) is 5.75 Å². The Labute approximate surface area is 99.8 Å². The molecule has 1 fully saturated rings. The Morgan fingerprint density at radius 3 is 2.47 bits per heavy atom. The number of nitrogens with two attached hydrogens (primary N) is 1. The maximum absolute atomic E-state index is 13.6. The summed E-state index contributed by atoms with van der Waals surface area (Å²) in [5.41, 5.74) is 6.42. The SMILES string of the molecule is COc1c([C@@H]2[C@@H](CN)C2(C)C)ccc(F)c1F. The molecular weight excluding hydrogens is 224 g/mol. The molecule has 0 bridgehead atoms. The lowest BCUT2D eigenvalue weighted by molar-refractivity contribution is 0.365. The lowest BCUT2D eigenvalue weighted by Gasteiger charge is -2.11. The molecule has 0 unspecified atom stereocenters. The molecule has 0 aliphatic heterocycles. The molecule has 1 aromatic rings. The van der Waals surface area contributed by atoms with Crippen molar-refractivity contribution < 1.29 is 13.5 Å². The van der Waals surface area contributed by atoms with Gasteiger partial charge in [0.15, 0.2) is 11.6 Å². The summed E-state index contributed by atoms with van der Waals surface area (Å²) in [4.78, 5) is 0. The summed E-state index contributed by atoms with van der Waals surface area (Å²) in [6, 6.07) is 2.74. The Balaban J connectivity index is 2.45. The van der Waals surface area contributed by atoms with Crippen LogP contribution in [0.15, 0.2) is 12.1 Å². The minimum absolute atomic E-state index is 0.0130. The van der Waals surface area contributed by atoms with Crippen LogP contribution in [-0.4, -0.2) is 13.7 Å². The highest BCUT2D eigenvalue weighted by Crippen LogP contribution is 2.65. The van der Waals surface area contributed by atoms with Crippen molar-refractivity contribution in [3.8, 4) is 5.75 Å². The van der Waals surface area contributed by atoms with Crippen molar-refractivity contribution in [1.82, 2.24) is 0 Å². The lowest BCUT2D eigenvalue weighted by atomic mass is 10.0. The summed E-state index contributed by atoms with van der Waals surface area (Å²) >= 11 is 0. The molecule has 0 saturated heterocycles. The minimum atomic E-state index is -0.913. The summed E-state index contributed by atoms with van der Waals surface area (Å²) < 4.78 is 31.7. The maximum Gasteiger partial charge on any atom is 0.200 e. The van der Waals surface area contributed by atoms with E-state index in [-0.39, 0.29) is 17.1 Å². The maximum atomic E-state index is 13.6. The van der Waals surface area contributed by atoms with Crippen molar-refractivity contribution in [3.63, 3.8) is 0 Å². The van der Waals surface area contributed by atoms with Crippen molar-refractivity contribution in [2.45, 2.75) is 19.8 Å². The van der Waals surface area contributed by atoms with Crippen molar-refractivity contribution in [1.29, 1.82) is 0 Å². The van der Waals surface area contributed by atoms with E-state index < -0.39 is 11.6 Å². The fourth-order valence-corrected chi connectivity index (χ4v) is 2.80. The van der Waals surface area contributed by atoms with Gasteiger partial charge in [-0.1, -0.05) is 19.9 Å². The average Bonchev–Trinajstić information content (AvgIpc) is 2.84. The van der Waals surface area contributed by atoms with E-state index in [1.165, 1.54) is 7.11 Å². The molecule has 0 heterocycles. The molecule has 0 amide bonds. The van der Waals surface area contributed by atoms with Crippen LogP contribution >= 0.6 is 0 Å². The molecule has 94 valence electrons. The van der Waals surface area contributed by atoms with E-state index in [2.05, 4.69) is 13.8 Å². The first kappa shape index (κ1) is 12.3. The second-order valence-corrected chi connectivity index (χ2v) is 5.13. The Hall–Kier alpha value is -1.16. The van der Waals surface area contributed by atoms with Crippen molar-refractivity contribution in [3.05, 3.63) is 29.3 Å². The van der Waals surface area contributed by atoms with Crippen LogP contribution in [-0.2, 0) is 0 Å². The summed E-state index contributed by atoms with van der Waals surface area (Å²) in [6.45, 7) is 4.70. The molecule has 17 heavy (non-hydrogen) atoms. The first-order chi connectivity index (χ1) is 7.95. The van der Waals surface area contributed by atoms with Crippen LogP contribution < -0.4 is 10.5 Å². The van der Waals surface area contributed by atoms with Gasteiger partial charge in [0, 0.05) is 5.56 Å². The fraction of sp³-hybridized carbons (Fsp3) is 0.538. The third-order valence-electron chi connectivity index (χ3n) is 3.92. The average molecular weight is 241 g/mol. The first-order valence-corrected chi connectivity index (χ1v) is 5.67. The van der Waals surface area contributed by atoms with Gasteiger partial charge in [0.05, 0.1) is 7.11 Å². The smallest absolute Gasteiger partial charge is 0.200 e. The van der Waals surface area contributed by atoms with E-state index in [9.17, 15) is 8.78 Å². The molecule has 1 aromatic carbocycles. The molecule has 1 aliphatic carbocycles. The number of ether oxygens (including phenoxy) is 1. The van der Waals surface area contributed by atoms with E-state index in [0.29, 0.717) is 18.0 Å². The van der Waals surface area contributed by atoms with Crippen molar-refractivity contribution in [2.24, 2.45) is 17.1 Å². The molecule has 2 atom stereocenters. The van der Waals surface area contributed by atoms with Crippen molar-refractivity contribution >= 4 is 0 Å². The predicted molar refractivity (Wildman–Crippen MR) is 62.0 cm³/mol. The van der Waals surface area contributed by atoms with Gasteiger partial charge in [-0.2, -0.15) is 4.39 Å². The summed E-state index contributed by atoms with van der Waals surface area (Å²) in [5, 5.41) is 0. The highest BCUT2D eigenvalue weighted by Gasteiger charge is 2.58. The normalized spacial score (nSPS) is 25.8. The van der Waals surface area contributed by atoms with E-state index in [1.807, 2.05) is 0 Å². The molecule has 1 saturated carbocycles. The first-order valence-electron chi connectivity index (χ1n) is 5.67. The molecule has 2 N–H and O–H groups in total. The number of benzene rings is 1. The van der Waals surface area contributed by atoms with Gasteiger partial charge in [-0.25, -0.2) is 4.39 Å². The van der Waals surface area contributed by atoms with Gasteiger partial charge in [0.2, 0.25) is 5.82 Å². The molecule has 0 radical (unpaired) electrons. The summed E-state index contributed by atoms with van der Waals surface area (Å²) in [6.07, 6.45) is 0. The standard InChI is InChI=1S/C13H17F2NO/c1-13(2)8(6-16)10(13)7-4-5-9(14)11(15)12(7)17-3/h4-5,8,10H,6,16H2,1-3H3/t8-,10-/m1/s1. The number of hydrogen-bond donors (Lipinski definition) is 1. The molecule has 1 aliphatic rings. The monoisotopic (exact) mass is 241 g/mol. The van der Waals surface area contributed by atoms with Crippen LogP contribution in [0, 0.1) is 23.0 Å². The van der Waals surface area contributed by atoms with Gasteiger partial charge in [-0.05, 0) is 29.9 Å². The quantitative estimate of drug-likeness (QED) is 0.883. The highest BCUT2D eigenvalue weighted by molar-refractivity contribution is 5.44. The van der Waals surface area contributed by atoms with Gasteiger partial charge in [0.1, 0.15) is 0 Å². The van der Waals surface area contributed by atoms with Gasteiger partial charge < -0.3 is 10.5 Å². The number of methoxy groups -OCH3 is 1. The van der Waals surface area contributed by atoms with Crippen LogP contribution in [0.3, 0.4) is 0 Å². The Morgan fingerprint density at radius 2 is 2.00 bits per heavy atom. The second kappa shape index (κ2) is 3.95. The Morgan fingerprint density at radius 1 is 1.35 bits per heavy atom. The molecule has 0 aromatic heterocycles. The van der Waals surface area contributed by atoms with Gasteiger partial charge in [-0.3, -0.25) is 0 Å². The van der Waals surface area contributed by atoms with E-state index in [4.69, 9.17) is 10.5 Å². The second-order valence-electron chi connectivity index (χ2n) is 5.13. The molecule has 4 heteroatoms. The van der Waals surface area contributed by atoms with Crippen LogP contribution in [0.4, 0.5) is 8.78 Å². The molecule has 0 spiro atoms. The van der Waals surface area contributed by atoms with Gasteiger partial charge >= 0.3 is 0 Å². The van der Waals surface area contributed by atoms with Crippen LogP contribution in [0.2, 0.25) is 0 Å². The van der Waals surface area contributed by atoms with Gasteiger partial charge in [0.25, 0.3) is 0 Å². The third kappa shape index (κ3) is 1.71. The minimum Gasteiger partial charge on any atom is -0.493 e. The molecule has 2 rings (SSSR count). The Bertz CT molecular complexity index is 445. The van der Waals surface area contributed by atoms with Crippen molar-refractivity contribution in [2.75, 3.05) is 13.7 Å². The fourth-order valence-electron chi connectivity index (χ4n) is 2.80. The highest BCUT2D eigenvalue weighted by atomic mass is 19.2. The zero-order valence-electron chi connectivity index (χ0n) is 10.3. The van der Waals surface area contributed by atoms with E-state index in [0.717, 1.165) is 6.07 Å². The molecular formula is C13H17F2NO. The zero-order chi connectivity index (χ0) is 12.8. The largest absolute Gasteiger partial charge is 0.493 e. The van der Waals surface area contributed by atoms with Gasteiger partial charge in [-0.15, -0.1) is 0 Å². The van der Waals surface area contributed by atoms with Crippen LogP contribution in [0.1, 0.15) is 25.3 Å². The number of hydrogen-bond acceptors (Lipinski definition) is 2. The predicted octanol–water partition coefficient (Wildman–Crippen LogP) is 2.67. The zero-order valence-corrected chi connectivity index (χ0v) is 10.3. The molecule has 2 nitrogen and oxygen atoms in total. The van der Waals surface area contributed by atoms with Crippen LogP contribution in [0.25, 0.3) is 0 Å². The Kier molecular flexibility index (Phi) is 2.86. The van der Waals surface area contributed by atoms with E-state index in [1.54, 1.807) is 6.07 Å². The lowest BCUT2D eigenvalue weighted by Crippen LogP contribution is -2.05. The number of halogens is 2. The summed E-state index contributed by atoms with van der Waals surface area (Å²) in [7, 11) is 1.36. The topological polar surface area (TPSA) is 35.2 Å². The number of rotatable bonds is 3. The summed E-state index contributed by atoms with van der Waals surface area (Å²) in [5.74, 6) is -1.35.